The van der Waals surface area contributed by atoms with Crippen LogP contribution in [0.1, 0.15) is 45.1 Å². The zero-order chi connectivity index (χ0) is 23.9. The van der Waals surface area contributed by atoms with E-state index in [-0.39, 0.29) is 18.4 Å². The lowest BCUT2D eigenvalue weighted by molar-refractivity contribution is -0.135. The quantitative estimate of drug-likeness (QED) is 0.524. The number of carbonyl (C=O) groups excluding carboxylic acids is 3. The topological polar surface area (TPSA) is 82.6 Å². The molecular weight excluding hydrogens is 448 g/mol. The Balaban J connectivity index is 1.46. The number of benzene rings is 2. The van der Waals surface area contributed by atoms with Crippen molar-refractivity contribution in [1.29, 1.82) is 0 Å². The molecule has 1 aliphatic carbocycles. The molecule has 1 aliphatic heterocycles. The number of aromatic nitrogens is 1. The number of imide groups is 1. The molecule has 8 heteroatoms. The second kappa shape index (κ2) is 8.83. The van der Waals surface area contributed by atoms with Gasteiger partial charge in [0.05, 0.1) is 15.9 Å². The number of rotatable bonds is 5. The average molecular weight is 477 g/mol. The number of thiazole rings is 1. The first-order valence-electron chi connectivity index (χ1n) is 11.8. The van der Waals surface area contributed by atoms with Crippen LogP contribution < -0.4 is 10.2 Å². The lowest BCUT2D eigenvalue weighted by Gasteiger charge is -2.33. The van der Waals surface area contributed by atoms with E-state index in [0.29, 0.717) is 29.6 Å². The summed E-state index contributed by atoms with van der Waals surface area (Å²) in [5.41, 5.74) is 1.75. The summed E-state index contributed by atoms with van der Waals surface area (Å²) in [6.07, 6.45) is 3.89. The molecule has 0 radical (unpaired) electrons. The van der Waals surface area contributed by atoms with Gasteiger partial charge in [-0.3, -0.25) is 19.4 Å². The Labute approximate surface area is 202 Å². The maximum absolute atomic E-state index is 13.7. The fourth-order valence-corrected chi connectivity index (χ4v) is 5.82. The molecule has 5 rings (SSSR count). The van der Waals surface area contributed by atoms with Crippen LogP contribution in [-0.4, -0.2) is 39.8 Å². The van der Waals surface area contributed by atoms with Crippen molar-refractivity contribution in [2.45, 2.75) is 51.5 Å². The number of urea groups is 1. The van der Waals surface area contributed by atoms with Crippen LogP contribution in [0, 0.1) is 5.92 Å². The van der Waals surface area contributed by atoms with Crippen molar-refractivity contribution in [2.24, 2.45) is 5.92 Å². The number of nitrogens with one attached hydrogen (secondary N) is 1. The van der Waals surface area contributed by atoms with Gasteiger partial charge < -0.3 is 5.32 Å². The zero-order valence-electron chi connectivity index (χ0n) is 19.4. The van der Waals surface area contributed by atoms with Crippen LogP contribution in [0.4, 0.5) is 15.6 Å². The fraction of sp³-hybridized carbons (Fsp3) is 0.385. The van der Waals surface area contributed by atoms with Gasteiger partial charge in [-0.05, 0) is 67.9 Å². The van der Waals surface area contributed by atoms with E-state index in [4.69, 9.17) is 0 Å². The highest BCUT2D eigenvalue weighted by Crippen LogP contribution is 2.37. The number of hydrogen-bond donors (Lipinski definition) is 1. The molecule has 0 bridgehead atoms. The van der Waals surface area contributed by atoms with Crippen LogP contribution in [0.25, 0.3) is 10.2 Å². The van der Waals surface area contributed by atoms with Crippen molar-refractivity contribution in [2.75, 3.05) is 11.4 Å². The minimum absolute atomic E-state index is 0.289. The Morgan fingerprint density at radius 2 is 1.85 bits per heavy atom. The molecule has 4 amide bonds. The van der Waals surface area contributed by atoms with Crippen molar-refractivity contribution >= 4 is 50.2 Å². The first kappa shape index (κ1) is 22.5. The first-order chi connectivity index (χ1) is 16.4. The zero-order valence-corrected chi connectivity index (χ0v) is 20.2. The van der Waals surface area contributed by atoms with E-state index >= 15 is 0 Å². The largest absolute Gasteiger partial charge is 0.325 e. The standard InChI is InChI=1S/C26H28N4O3S/c1-3-18-8-10-19(11-9-18)30(25-27-20-6-4-5-7-21(20)34-25)22(31)16-29-23(32)26(28-24(29)33)14-12-17(2)13-15-26/h4-11,17H,3,12-16H2,1-2H3,(H,28,33). The van der Waals surface area contributed by atoms with Gasteiger partial charge in [0.1, 0.15) is 12.1 Å². The Morgan fingerprint density at radius 3 is 2.53 bits per heavy atom. The highest BCUT2D eigenvalue weighted by molar-refractivity contribution is 7.22. The predicted molar refractivity (Wildman–Crippen MR) is 133 cm³/mol. The molecule has 0 unspecified atom stereocenters. The highest BCUT2D eigenvalue weighted by atomic mass is 32.1. The molecule has 3 aromatic rings. The van der Waals surface area contributed by atoms with Gasteiger partial charge >= 0.3 is 6.03 Å². The molecule has 2 fully saturated rings. The van der Waals surface area contributed by atoms with Gasteiger partial charge in [0.15, 0.2) is 5.13 Å². The summed E-state index contributed by atoms with van der Waals surface area (Å²) in [5.74, 6) is -0.122. The lowest BCUT2D eigenvalue weighted by Crippen LogP contribution is -2.50. The third kappa shape index (κ3) is 3.96. The number of anilines is 2. The summed E-state index contributed by atoms with van der Waals surface area (Å²) in [4.78, 5) is 47.1. The SMILES string of the molecule is CCc1ccc(N(C(=O)CN2C(=O)NC3(CCC(C)CC3)C2=O)c2nc3ccccc3s2)cc1. The number of nitrogens with zero attached hydrogens (tertiary/aromatic N) is 3. The first-order valence-corrected chi connectivity index (χ1v) is 12.6. The Hall–Kier alpha value is -3.26. The lowest BCUT2D eigenvalue weighted by atomic mass is 9.77. The van der Waals surface area contributed by atoms with E-state index in [0.717, 1.165) is 39.9 Å². The Morgan fingerprint density at radius 1 is 1.15 bits per heavy atom. The smallest absolute Gasteiger partial charge is 0.323 e. The molecule has 1 N–H and O–H groups in total. The molecule has 2 heterocycles. The molecule has 2 aromatic carbocycles. The molecule has 34 heavy (non-hydrogen) atoms. The average Bonchev–Trinajstić information content (AvgIpc) is 3.36. The number of carbonyl (C=O) groups is 3. The monoisotopic (exact) mass is 476 g/mol. The number of para-hydroxylation sites is 1. The molecular formula is C26H28N4O3S. The summed E-state index contributed by atoms with van der Waals surface area (Å²) in [6, 6.07) is 15.0. The molecule has 2 aliphatic rings. The third-order valence-corrected chi connectivity index (χ3v) is 8.01. The van der Waals surface area contributed by atoms with Gasteiger partial charge in [-0.15, -0.1) is 0 Å². The van der Waals surface area contributed by atoms with Crippen LogP contribution in [0.2, 0.25) is 0 Å². The number of fused-ring (bicyclic) bond motifs is 1. The normalized spacial score (nSPS) is 22.4. The van der Waals surface area contributed by atoms with Crippen molar-refractivity contribution < 1.29 is 14.4 Å². The summed E-state index contributed by atoms with van der Waals surface area (Å²) in [6.45, 7) is 3.91. The Kier molecular flexibility index (Phi) is 5.85. The van der Waals surface area contributed by atoms with Crippen LogP contribution in [-0.2, 0) is 16.0 Å². The maximum atomic E-state index is 13.7. The van der Waals surface area contributed by atoms with Gasteiger partial charge in [0, 0.05) is 0 Å². The van der Waals surface area contributed by atoms with Gasteiger partial charge in [-0.1, -0.05) is 49.4 Å². The molecule has 1 saturated carbocycles. The van der Waals surface area contributed by atoms with Crippen LogP contribution in [0.3, 0.4) is 0 Å². The van der Waals surface area contributed by atoms with E-state index in [1.54, 1.807) is 0 Å². The highest BCUT2D eigenvalue weighted by Gasteiger charge is 2.52. The summed E-state index contributed by atoms with van der Waals surface area (Å²) < 4.78 is 0.964. The maximum Gasteiger partial charge on any atom is 0.325 e. The van der Waals surface area contributed by atoms with E-state index in [9.17, 15) is 14.4 Å². The van der Waals surface area contributed by atoms with Crippen molar-refractivity contribution in [3.8, 4) is 0 Å². The Bertz CT molecular complexity index is 1210. The fourth-order valence-electron chi connectivity index (χ4n) is 4.82. The molecule has 0 atom stereocenters. The second-order valence-electron chi connectivity index (χ2n) is 9.30. The van der Waals surface area contributed by atoms with Crippen molar-refractivity contribution in [3.05, 3.63) is 54.1 Å². The third-order valence-electron chi connectivity index (χ3n) is 6.99. The summed E-state index contributed by atoms with van der Waals surface area (Å²) in [7, 11) is 0. The molecule has 7 nitrogen and oxygen atoms in total. The van der Waals surface area contributed by atoms with Gasteiger partial charge in [0.2, 0.25) is 0 Å². The van der Waals surface area contributed by atoms with E-state index < -0.39 is 11.6 Å². The van der Waals surface area contributed by atoms with Crippen LogP contribution in [0.5, 0.6) is 0 Å². The minimum Gasteiger partial charge on any atom is -0.323 e. The number of amides is 4. The summed E-state index contributed by atoms with van der Waals surface area (Å²) in [5, 5.41) is 3.42. The van der Waals surface area contributed by atoms with Crippen molar-refractivity contribution in [1.82, 2.24) is 15.2 Å². The van der Waals surface area contributed by atoms with E-state index in [2.05, 4.69) is 24.1 Å². The van der Waals surface area contributed by atoms with Crippen LogP contribution in [0.15, 0.2) is 48.5 Å². The van der Waals surface area contributed by atoms with Gasteiger partial charge in [-0.2, -0.15) is 0 Å². The minimum atomic E-state index is -0.868. The molecule has 176 valence electrons. The van der Waals surface area contributed by atoms with E-state index in [1.165, 1.54) is 16.2 Å². The van der Waals surface area contributed by atoms with Crippen molar-refractivity contribution in [3.63, 3.8) is 0 Å². The predicted octanol–water partition coefficient (Wildman–Crippen LogP) is 5.02. The second-order valence-corrected chi connectivity index (χ2v) is 10.3. The molecule has 1 saturated heterocycles. The number of aryl methyl sites for hydroxylation is 1. The molecule has 1 aromatic heterocycles. The number of hydrogen-bond acceptors (Lipinski definition) is 5. The van der Waals surface area contributed by atoms with Crippen LogP contribution >= 0.6 is 11.3 Å². The van der Waals surface area contributed by atoms with Gasteiger partial charge in [-0.25, -0.2) is 9.78 Å². The van der Waals surface area contributed by atoms with E-state index in [1.807, 2.05) is 48.5 Å². The van der Waals surface area contributed by atoms with Gasteiger partial charge in [0.25, 0.3) is 11.8 Å². The summed E-state index contributed by atoms with van der Waals surface area (Å²) >= 11 is 1.41. The molecule has 1 spiro atoms.